The summed E-state index contributed by atoms with van der Waals surface area (Å²) in [4.78, 5) is 15.3. The van der Waals surface area contributed by atoms with Crippen molar-refractivity contribution in [1.29, 1.82) is 0 Å². The molecule has 88 valence electrons. The molecule has 2 nitrogen and oxygen atoms in total. The predicted molar refractivity (Wildman–Crippen MR) is 75.0 cm³/mol. The van der Waals surface area contributed by atoms with Crippen molar-refractivity contribution >= 4 is 22.5 Å². The fourth-order valence-electron chi connectivity index (χ4n) is 2.04. The Morgan fingerprint density at radius 2 is 1.72 bits per heavy atom. The first-order chi connectivity index (χ1) is 8.75. The van der Waals surface area contributed by atoms with Gasteiger partial charge in [0.05, 0.1) is 15.9 Å². The van der Waals surface area contributed by atoms with E-state index in [1.54, 1.807) is 12.1 Å². The minimum Gasteiger partial charge on any atom is -0.354 e. The Labute approximate surface area is 109 Å². The van der Waals surface area contributed by atoms with Crippen LogP contribution in [0.5, 0.6) is 0 Å². The summed E-state index contributed by atoms with van der Waals surface area (Å²) < 4.78 is 0. The standard InChI is InChI=1S/C15H10ClNO/c16-11-7-4-8-12-15(11)14(18)9-13(17-12)10-5-2-1-3-6-10/h1-9H,(H,17,18). The van der Waals surface area contributed by atoms with Crippen LogP contribution in [0, 0.1) is 0 Å². The van der Waals surface area contributed by atoms with Crippen molar-refractivity contribution in [1.82, 2.24) is 4.98 Å². The van der Waals surface area contributed by atoms with Crippen molar-refractivity contribution in [2.24, 2.45) is 0 Å². The van der Waals surface area contributed by atoms with Gasteiger partial charge in [0.1, 0.15) is 0 Å². The molecule has 0 aliphatic rings. The van der Waals surface area contributed by atoms with E-state index in [1.165, 1.54) is 0 Å². The molecule has 2 aromatic carbocycles. The van der Waals surface area contributed by atoms with Crippen LogP contribution in [-0.2, 0) is 0 Å². The van der Waals surface area contributed by atoms with Crippen molar-refractivity contribution < 1.29 is 0 Å². The molecular formula is C15H10ClNO. The SMILES string of the molecule is O=c1cc(-c2ccccc2)[nH]c2cccc(Cl)c12. The summed E-state index contributed by atoms with van der Waals surface area (Å²) in [5, 5.41) is 1.02. The van der Waals surface area contributed by atoms with Gasteiger partial charge >= 0.3 is 0 Å². The van der Waals surface area contributed by atoms with Crippen LogP contribution in [0.15, 0.2) is 59.4 Å². The molecule has 0 amide bonds. The summed E-state index contributed by atoms with van der Waals surface area (Å²) in [5.41, 5.74) is 2.48. The van der Waals surface area contributed by atoms with Crippen molar-refractivity contribution in [3.05, 3.63) is 69.8 Å². The number of rotatable bonds is 1. The minimum atomic E-state index is -0.0618. The second-order valence-corrected chi connectivity index (χ2v) is 4.48. The van der Waals surface area contributed by atoms with E-state index in [0.717, 1.165) is 16.8 Å². The van der Waals surface area contributed by atoms with Gasteiger partial charge in [-0.1, -0.05) is 48.0 Å². The Kier molecular flexibility index (Phi) is 2.65. The monoisotopic (exact) mass is 255 g/mol. The lowest BCUT2D eigenvalue weighted by atomic mass is 10.1. The van der Waals surface area contributed by atoms with E-state index in [1.807, 2.05) is 42.5 Å². The smallest absolute Gasteiger partial charge is 0.191 e. The minimum absolute atomic E-state index is 0.0618. The van der Waals surface area contributed by atoms with Gasteiger partial charge in [0.2, 0.25) is 0 Å². The zero-order valence-electron chi connectivity index (χ0n) is 9.48. The van der Waals surface area contributed by atoms with Gasteiger partial charge in [-0.2, -0.15) is 0 Å². The summed E-state index contributed by atoms with van der Waals surface area (Å²) in [6.45, 7) is 0. The molecule has 0 unspecified atom stereocenters. The molecule has 3 rings (SSSR count). The maximum Gasteiger partial charge on any atom is 0.191 e. The molecule has 3 aromatic rings. The lowest BCUT2D eigenvalue weighted by molar-refractivity contribution is 1.38. The van der Waals surface area contributed by atoms with Crippen LogP contribution in [0.1, 0.15) is 0 Å². The Morgan fingerprint density at radius 1 is 0.944 bits per heavy atom. The molecule has 0 bridgehead atoms. The summed E-state index contributed by atoms with van der Waals surface area (Å²) in [5.74, 6) is 0. The molecule has 0 fully saturated rings. The van der Waals surface area contributed by atoms with Crippen LogP contribution in [0.2, 0.25) is 5.02 Å². The number of nitrogens with one attached hydrogen (secondary N) is 1. The number of benzene rings is 2. The summed E-state index contributed by atoms with van der Waals surface area (Å²) in [7, 11) is 0. The Bertz CT molecular complexity index is 762. The fraction of sp³-hybridized carbons (Fsp3) is 0. The van der Waals surface area contributed by atoms with Crippen molar-refractivity contribution in [2.45, 2.75) is 0 Å². The van der Waals surface area contributed by atoms with Gasteiger partial charge in [-0.05, 0) is 17.7 Å². The molecule has 1 heterocycles. The van der Waals surface area contributed by atoms with Gasteiger partial charge in [0, 0.05) is 11.8 Å². The molecule has 1 N–H and O–H groups in total. The topological polar surface area (TPSA) is 32.9 Å². The first-order valence-corrected chi connectivity index (χ1v) is 6.00. The Balaban J connectivity index is 2.33. The molecule has 1 aromatic heterocycles. The van der Waals surface area contributed by atoms with E-state index >= 15 is 0 Å². The van der Waals surface area contributed by atoms with Crippen LogP contribution in [0.3, 0.4) is 0 Å². The first-order valence-electron chi connectivity index (χ1n) is 5.63. The number of halogens is 1. The molecule has 18 heavy (non-hydrogen) atoms. The van der Waals surface area contributed by atoms with Crippen LogP contribution in [0.4, 0.5) is 0 Å². The second-order valence-electron chi connectivity index (χ2n) is 4.08. The van der Waals surface area contributed by atoms with E-state index in [9.17, 15) is 4.79 Å². The van der Waals surface area contributed by atoms with Gasteiger partial charge in [0.15, 0.2) is 5.43 Å². The summed E-state index contributed by atoms with van der Waals surface area (Å²) >= 11 is 6.04. The number of hydrogen-bond acceptors (Lipinski definition) is 1. The van der Waals surface area contributed by atoms with E-state index in [0.29, 0.717) is 10.4 Å². The van der Waals surface area contributed by atoms with Gasteiger partial charge < -0.3 is 4.98 Å². The fourth-order valence-corrected chi connectivity index (χ4v) is 2.30. The number of fused-ring (bicyclic) bond motifs is 1. The molecule has 3 heteroatoms. The quantitative estimate of drug-likeness (QED) is 0.704. The lowest BCUT2D eigenvalue weighted by Gasteiger charge is -2.05. The van der Waals surface area contributed by atoms with Crippen LogP contribution in [0.25, 0.3) is 22.2 Å². The number of hydrogen-bond donors (Lipinski definition) is 1. The van der Waals surface area contributed by atoms with E-state index < -0.39 is 0 Å². The zero-order valence-corrected chi connectivity index (χ0v) is 10.2. The number of aromatic amines is 1. The highest BCUT2D eigenvalue weighted by molar-refractivity contribution is 6.35. The Hall–Kier alpha value is -2.06. The first kappa shape index (κ1) is 11.1. The third kappa shape index (κ3) is 1.81. The maximum atomic E-state index is 12.1. The summed E-state index contributed by atoms with van der Waals surface area (Å²) in [6.07, 6.45) is 0. The number of pyridine rings is 1. The van der Waals surface area contributed by atoms with Crippen LogP contribution < -0.4 is 5.43 Å². The Morgan fingerprint density at radius 3 is 2.50 bits per heavy atom. The lowest BCUT2D eigenvalue weighted by Crippen LogP contribution is -2.03. The molecule has 0 aliphatic heterocycles. The molecule has 0 radical (unpaired) electrons. The zero-order chi connectivity index (χ0) is 12.5. The van der Waals surface area contributed by atoms with Crippen molar-refractivity contribution in [2.75, 3.05) is 0 Å². The van der Waals surface area contributed by atoms with E-state index in [-0.39, 0.29) is 5.43 Å². The highest BCUT2D eigenvalue weighted by atomic mass is 35.5. The highest BCUT2D eigenvalue weighted by Crippen LogP contribution is 2.22. The predicted octanol–water partition coefficient (Wildman–Crippen LogP) is 3.85. The largest absolute Gasteiger partial charge is 0.354 e. The highest BCUT2D eigenvalue weighted by Gasteiger charge is 2.06. The van der Waals surface area contributed by atoms with Crippen LogP contribution >= 0.6 is 11.6 Å². The number of aromatic nitrogens is 1. The van der Waals surface area contributed by atoms with Gasteiger partial charge in [-0.15, -0.1) is 0 Å². The number of H-pyrrole nitrogens is 1. The van der Waals surface area contributed by atoms with Crippen molar-refractivity contribution in [3.63, 3.8) is 0 Å². The summed E-state index contributed by atoms with van der Waals surface area (Å²) in [6, 6.07) is 16.7. The maximum absolute atomic E-state index is 12.1. The average Bonchev–Trinajstić information content (AvgIpc) is 2.39. The molecule has 0 atom stereocenters. The molecule has 0 saturated heterocycles. The second kappa shape index (κ2) is 4.31. The average molecular weight is 256 g/mol. The van der Waals surface area contributed by atoms with Crippen LogP contribution in [-0.4, -0.2) is 4.98 Å². The van der Waals surface area contributed by atoms with E-state index in [2.05, 4.69) is 4.98 Å². The normalized spacial score (nSPS) is 10.7. The van der Waals surface area contributed by atoms with Gasteiger partial charge in [-0.25, -0.2) is 0 Å². The van der Waals surface area contributed by atoms with Gasteiger partial charge in [-0.3, -0.25) is 4.79 Å². The van der Waals surface area contributed by atoms with Crippen molar-refractivity contribution in [3.8, 4) is 11.3 Å². The third-order valence-electron chi connectivity index (χ3n) is 2.89. The molecule has 0 spiro atoms. The molecule has 0 saturated carbocycles. The van der Waals surface area contributed by atoms with Gasteiger partial charge in [0.25, 0.3) is 0 Å². The molecular weight excluding hydrogens is 246 g/mol. The third-order valence-corrected chi connectivity index (χ3v) is 3.20. The van der Waals surface area contributed by atoms with E-state index in [4.69, 9.17) is 11.6 Å². The molecule has 0 aliphatic carbocycles.